The van der Waals surface area contributed by atoms with Crippen LogP contribution in [0.2, 0.25) is 0 Å². The zero-order valence-corrected chi connectivity index (χ0v) is 9.80. The maximum absolute atomic E-state index is 13.7. The Morgan fingerprint density at radius 1 is 0.700 bits per heavy atom. The molecule has 0 aromatic carbocycles. The Hall–Kier alpha value is -1.88. The second kappa shape index (κ2) is 4.90. The van der Waals surface area contributed by atoms with Crippen LogP contribution in [0.25, 0.3) is 0 Å². The molecule has 5 nitrogen and oxygen atoms in total. The number of hydrogen-bond donors (Lipinski definition) is 0. The van der Waals surface area contributed by atoms with Crippen molar-refractivity contribution in [3.8, 4) is 12.0 Å². The predicted molar refractivity (Wildman–Crippen MR) is 47.8 cm³/mol. The first-order valence-corrected chi connectivity index (χ1v) is 4.64. The van der Waals surface area contributed by atoms with Crippen LogP contribution in [0.4, 0.5) is 30.7 Å². The third kappa shape index (κ3) is 2.54. The Labute approximate surface area is 106 Å². The van der Waals surface area contributed by atoms with Gasteiger partial charge in [-0.1, -0.05) is 0 Å². The Balaban J connectivity index is 3.58. The minimum absolute atomic E-state index is 0.861. The lowest BCUT2D eigenvalue weighted by molar-refractivity contribution is -0.351. The van der Waals surface area contributed by atoms with E-state index in [9.17, 15) is 30.7 Å². The second-order valence-corrected chi connectivity index (χ2v) is 3.29. The van der Waals surface area contributed by atoms with Gasteiger partial charge in [0.1, 0.15) is 0 Å². The van der Waals surface area contributed by atoms with Gasteiger partial charge in [-0.25, -0.2) is 4.39 Å². The van der Waals surface area contributed by atoms with E-state index in [1.165, 1.54) is 0 Å². The van der Waals surface area contributed by atoms with E-state index < -0.39 is 35.9 Å². The summed E-state index contributed by atoms with van der Waals surface area (Å²) in [7, 11) is 1.72. The van der Waals surface area contributed by atoms with Gasteiger partial charge in [0, 0.05) is 0 Å². The standard InChI is InChI=1S/C8H6F7N3O2/c1-19-4-16-3(17-5(18-4)20-2)6(9,7(10,11)12)8(13,14)15/h1-2H3. The van der Waals surface area contributed by atoms with Crippen LogP contribution in [0.1, 0.15) is 5.82 Å². The summed E-state index contributed by atoms with van der Waals surface area (Å²) in [4.78, 5) is 8.51. The van der Waals surface area contributed by atoms with Gasteiger partial charge in [-0.15, -0.1) is 4.98 Å². The molecule has 0 fully saturated rings. The van der Waals surface area contributed by atoms with Gasteiger partial charge in [0.2, 0.25) is 0 Å². The van der Waals surface area contributed by atoms with Crippen LogP contribution in [-0.2, 0) is 5.67 Å². The van der Waals surface area contributed by atoms with Crippen molar-refractivity contribution in [1.29, 1.82) is 0 Å². The van der Waals surface area contributed by atoms with Crippen molar-refractivity contribution in [3.63, 3.8) is 0 Å². The molecule has 0 saturated heterocycles. The van der Waals surface area contributed by atoms with Crippen molar-refractivity contribution in [2.75, 3.05) is 14.2 Å². The van der Waals surface area contributed by atoms with Crippen LogP contribution >= 0.6 is 0 Å². The molecule has 1 aromatic heterocycles. The lowest BCUT2D eigenvalue weighted by Gasteiger charge is -2.28. The molecule has 0 spiro atoms. The SMILES string of the molecule is COc1nc(OC)nc(C(F)(C(F)(F)F)C(F)(F)F)n1. The van der Waals surface area contributed by atoms with Gasteiger partial charge in [-0.3, -0.25) is 0 Å². The molecule has 0 bridgehead atoms. The van der Waals surface area contributed by atoms with Gasteiger partial charge in [0.05, 0.1) is 14.2 Å². The highest BCUT2D eigenvalue weighted by Crippen LogP contribution is 2.52. The van der Waals surface area contributed by atoms with Crippen molar-refractivity contribution in [2.45, 2.75) is 18.0 Å². The first-order valence-electron chi connectivity index (χ1n) is 4.64. The van der Waals surface area contributed by atoms with Crippen molar-refractivity contribution in [3.05, 3.63) is 5.82 Å². The van der Waals surface area contributed by atoms with Gasteiger partial charge < -0.3 is 9.47 Å². The Kier molecular flexibility index (Phi) is 3.97. The Bertz CT molecular complexity index is 452. The van der Waals surface area contributed by atoms with E-state index in [0.717, 1.165) is 14.2 Å². The lowest BCUT2D eigenvalue weighted by atomic mass is 10.0. The highest BCUT2D eigenvalue weighted by molar-refractivity contribution is 5.16. The zero-order valence-electron chi connectivity index (χ0n) is 9.80. The quantitative estimate of drug-likeness (QED) is 0.801. The molecule has 12 heteroatoms. The Morgan fingerprint density at radius 2 is 1.05 bits per heavy atom. The number of nitrogens with zero attached hydrogens (tertiary/aromatic N) is 3. The van der Waals surface area contributed by atoms with E-state index in [0.29, 0.717) is 0 Å². The molecule has 0 unspecified atom stereocenters. The summed E-state index contributed by atoms with van der Waals surface area (Å²) in [6.45, 7) is 0. The molecule has 0 amide bonds. The first kappa shape index (κ1) is 16.2. The summed E-state index contributed by atoms with van der Waals surface area (Å²) in [5.74, 6) is -2.22. The molecule has 0 N–H and O–H groups in total. The van der Waals surface area contributed by atoms with Crippen LogP contribution in [-0.4, -0.2) is 41.5 Å². The molecule has 114 valence electrons. The fraction of sp³-hybridized carbons (Fsp3) is 0.625. The van der Waals surface area contributed by atoms with E-state index in [-0.39, 0.29) is 0 Å². The molecule has 1 heterocycles. The fourth-order valence-corrected chi connectivity index (χ4v) is 1.09. The van der Waals surface area contributed by atoms with Crippen molar-refractivity contribution in [1.82, 2.24) is 15.0 Å². The van der Waals surface area contributed by atoms with Crippen molar-refractivity contribution < 1.29 is 40.2 Å². The smallest absolute Gasteiger partial charge is 0.439 e. The van der Waals surface area contributed by atoms with Gasteiger partial charge in [-0.05, 0) is 0 Å². The van der Waals surface area contributed by atoms with Gasteiger partial charge in [0.15, 0.2) is 5.82 Å². The molecule has 0 radical (unpaired) electrons. The topological polar surface area (TPSA) is 57.1 Å². The molecule has 1 aromatic rings. The van der Waals surface area contributed by atoms with E-state index in [4.69, 9.17) is 0 Å². The summed E-state index contributed by atoms with van der Waals surface area (Å²) >= 11 is 0. The largest absolute Gasteiger partial charge is 0.467 e. The highest BCUT2D eigenvalue weighted by Gasteiger charge is 2.76. The van der Waals surface area contributed by atoms with Crippen LogP contribution in [0.3, 0.4) is 0 Å². The van der Waals surface area contributed by atoms with Crippen LogP contribution in [0.15, 0.2) is 0 Å². The summed E-state index contributed by atoms with van der Waals surface area (Å²) in [6.07, 6.45) is -12.7. The number of methoxy groups -OCH3 is 2. The average Bonchev–Trinajstić information content (AvgIpc) is 2.34. The van der Waals surface area contributed by atoms with E-state index in [2.05, 4.69) is 24.4 Å². The zero-order chi connectivity index (χ0) is 15.8. The first-order chi connectivity index (χ1) is 8.97. The normalized spacial score (nSPS) is 13.2. The number of alkyl halides is 7. The molecule has 0 aliphatic rings. The van der Waals surface area contributed by atoms with Gasteiger partial charge >= 0.3 is 30.0 Å². The monoisotopic (exact) mass is 309 g/mol. The van der Waals surface area contributed by atoms with Crippen molar-refractivity contribution in [2.24, 2.45) is 0 Å². The fourth-order valence-electron chi connectivity index (χ4n) is 1.09. The molecular weight excluding hydrogens is 303 g/mol. The third-order valence-electron chi connectivity index (χ3n) is 2.05. The highest BCUT2D eigenvalue weighted by atomic mass is 19.4. The summed E-state index contributed by atoms with van der Waals surface area (Å²) in [5.41, 5.74) is -5.77. The molecule has 0 saturated carbocycles. The predicted octanol–water partition coefficient (Wildman–Crippen LogP) is 2.18. The van der Waals surface area contributed by atoms with Crippen LogP contribution in [0.5, 0.6) is 12.0 Å². The maximum atomic E-state index is 13.7. The minimum Gasteiger partial charge on any atom is -0.467 e. The number of rotatable bonds is 3. The lowest BCUT2D eigenvalue weighted by Crippen LogP contribution is -2.51. The molecule has 1 rings (SSSR count). The molecule has 20 heavy (non-hydrogen) atoms. The maximum Gasteiger partial charge on any atom is 0.439 e. The van der Waals surface area contributed by atoms with Gasteiger partial charge in [0.25, 0.3) is 0 Å². The second-order valence-electron chi connectivity index (χ2n) is 3.29. The molecule has 0 atom stereocenters. The Morgan fingerprint density at radius 3 is 1.30 bits per heavy atom. The van der Waals surface area contributed by atoms with E-state index >= 15 is 0 Å². The number of aromatic nitrogens is 3. The number of hydrogen-bond acceptors (Lipinski definition) is 5. The third-order valence-corrected chi connectivity index (χ3v) is 2.05. The average molecular weight is 309 g/mol. The molecular formula is C8H6F7N3O2. The van der Waals surface area contributed by atoms with Crippen LogP contribution < -0.4 is 9.47 Å². The molecule has 0 aliphatic carbocycles. The van der Waals surface area contributed by atoms with E-state index in [1.807, 2.05) is 0 Å². The molecule has 0 aliphatic heterocycles. The summed E-state index contributed by atoms with van der Waals surface area (Å²) < 4.78 is 97.1. The van der Waals surface area contributed by atoms with Gasteiger partial charge in [-0.2, -0.15) is 36.3 Å². The summed E-state index contributed by atoms with van der Waals surface area (Å²) in [5, 5.41) is 0. The minimum atomic E-state index is -6.33. The van der Waals surface area contributed by atoms with Crippen molar-refractivity contribution >= 4 is 0 Å². The number of halogens is 7. The number of ether oxygens (including phenoxy) is 2. The van der Waals surface area contributed by atoms with E-state index in [1.54, 1.807) is 0 Å². The summed E-state index contributed by atoms with van der Waals surface area (Å²) in [6, 6.07) is -1.91. The van der Waals surface area contributed by atoms with Crippen LogP contribution in [0, 0.1) is 0 Å².